The highest BCUT2D eigenvalue weighted by Crippen LogP contribution is 2.52. The number of furan rings is 1. The molecule has 3 heteroatoms. The van der Waals surface area contributed by atoms with E-state index in [2.05, 4.69) is 294 Å². The summed E-state index contributed by atoms with van der Waals surface area (Å²) in [6.07, 6.45) is 0. The third-order valence-corrected chi connectivity index (χ3v) is 15.3. The fourth-order valence-electron chi connectivity index (χ4n) is 11.6. The Bertz CT molecular complexity index is 4290. The number of benzene rings is 11. The number of hydrogen-bond donors (Lipinski definition) is 0. The zero-order valence-electron chi connectivity index (χ0n) is 43.4. The number of anilines is 3. The molecule has 75 heavy (non-hydrogen) atoms. The van der Waals surface area contributed by atoms with Gasteiger partial charge >= 0.3 is 0 Å². The second-order valence-corrected chi connectivity index (χ2v) is 22.1. The summed E-state index contributed by atoms with van der Waals surface area (Å²) in [4.78, 5) is 2.52. The number of nitrogens with zero attached hydrogens (tertiary/aromatic N) is 2. The average molecular weight is 967 g/mol. The summed E-state index contributed by atoms with van der Waals surface area (Å²) in [6, 6.07) is 89.1. The largest absolute Gasteiger partial charge is 0.455 e. The molecule has 0 fully saturated rings. The Balaban J connectivity index is 1.12. The smallest absolute Gasteiger partial charge is 0.143 e. The predicted molar refractivity (Wildman–Crippen MR) is 319 cm³/mol. The maximum atomic E-state index is 6.84. The minimum atomic E-state index is -0.0379. The van der Waals surface area contributed by atoms with E-state index in [1.807, 2.05) is 0 Å². The zero-order chi connectivity index (χ0) is 51.0. The van der Waals surface area contributed by atoms with Crippen LogP contribution in [0, 0.1) is 0 Å². The predicted octanol–water partition coefficient (Wildman–Crippen LogP) is 20.6. The summed E-state index contributed by atoms with van der Waals surface area (Å²) in [7, 11) is 0. The van der Waals surface area contributed by atoms with Gasteiger partial charge in [-0.25, -0.2) is 0 Å². The molecule has 0 aliphatic rings. The van der Waals surface area contributed by atoms with Crippen LogP contribution >= 0.6 is 0 Å². The van der Waals surface area contributed by atoms with E-state index in [0.717, 1.165) is 78.0 Å². The molecule has 0 aliphatic heterocycles. The van der Waals surface area contributed by atoms with Gasteiger partial charge in [-0.2, -0.15) is 0 Å². The summed E-state index contributed by atoms with van der Waals surface area (Å²) >= 11 is 0. The van der Waals surface area contributed by atoms with Crippen LogP contribution in [-0.2, 0) is 10.8 Å². The van der Waals surface area contributed by atoms with Crippen molar-refractivity contribution in [3.8, 4) is 50.2 Å². The van der Waals surface area contributed by atoms with Gasteiger partial charge in [-0.1, -0.05) is 242 Å². The molecule has 13 rings (SSSR count). The summed E-state index contributed by atoms with van der Waals surface area (Å²) in [5.74, 6) is 0. The molecule has 0 spiro atoms. The van der Waals surface area contributed by atoms with Gasteiger partial charge in [-0.05, 0) is 91.9 Å². The lowest BCUT2D eigenvalue weighted by molar-refractivity contribution is 0.569. The fraction of sp³-hybridized carbons (Fsp3) is 0.111. The highest BCUT2D eigenvalue weighted by molar-refractivity contribution is 6.16. The van der Waals surface area contributed by atoms with Crippen LogP contribution < -0.4 is 4.90 Å². The molecule has 0 saturated heterocycles. The van der Waals surface area contributed by atoms with Crippen LogP contribution in [0.4, 0.5) is 17.1 Å². The van der Waals surface area contributed by atoms with Crippen molar-refractivity contribution in [2.45, 2.75) is 52.4 Å². The molecule has 0 unspecified atom stereocenters. The van der Waals surface area contributed by atoms with Gasteiger partial charge in [0.1, 0.15) is 11.2 Å². The van der Waals surface area contributed by atoms with Crippen molar-refractivity contribution in [2.24, 2.45) is 0 Å². The van der Waals surface area contributed by atoms with Crippen LogP contribution in [0.15, 0.2) is 247 Å². The monoisotopic (exact) mass is 966 g/mol. The van der Waals surface area contributed by atoms with Gasteiger partial charge in [-0.3, -0.25) is 0 Å². The standard InChI is InChI=1S/C72H58N2O/c1-71(2,3)49-44-48(45-50(46-49)72(4,5)6)52-33-20-24-47-25-21-34-58(68(47)52)53-28-10-16-40-64(53)74(66-42-18-13-31-56(66)61-37-23-38-62-57-32-14-19-43-67(57)75-70(61)62)65-41-17-12-30-55(65)60-36-22-35-59-54-29-11-15-39-63(54)73(69(59)60)51-26-8-7-9-27-51/h7-46H,1-6H3. The van der Waals surface area contributed by atoms with Crippen LogP contribution in [0.3, 0.4) is 0 Å². The molecule has 0 bridgehead atoms. The van der Waals surface area contributed by atoms with Crippen molar-refractivity contribution in [3.63, 3.8) is 0 Å². The summed E-state index contributed by atoms with van der Waals surface area (Å²) in [5.41, 5.74) is 20.0. The van der Waals surface area contributed by atoms with Crippen LogP contribution in [0.2, 0.25) is 0 Å². The maximum Gasteiger partial charge on any atom is 0.143 e. The van der Waals surface area contributed by atoms with Crippen LogP contribution in [0.5, 0.6) is 0 Å². The average Bonchev–Trinajstić information content (AvgIpc) is 4.01. The van der Waals surface area contributed by atoms with Crippen LogP contribution in [-0.4, -0.2) is 4.57 Å². The Kier molecular flexibility index (Phi) is 11.0. The minimum Gasteiger partial charge on any atom is -0.455 e. The van der Waals surface area contributed by atoms with E-state index in [1.54, 1.807) is 0 Å². The summed E-state index contributed by atoms with van der Waals surface area (Å²) in [5, 5.41) is 7.05. The molecule has 0 amide bonds. The van der Waals surface area contributed by atoms with Crippen molar-refractivity contribution >= 4 is 71.6 Å². The van der Waals surface area contributed by atoms with E-state index in [9.17, 15) is 0 Å². The molecule has 0 radical (unpaired) electrons. The number of para-hydroxylation sites is 8. The van der Waals surface area contributed by atoms with Gasteiger partial charge in [0.15, 0.2) is 0 Å². The first-order valence-electron chi connectivity index (χ1n) is 26.3. The first-order chi connectivity index (χ1) is 36.5. The van der Waals surface area contributed by atoms with Gasteiger partial charge in [0.05, 0.1) is 28.1 Å². The Morgan fingerprint density at radius 1 is 0.360 bits per heavy atom. The molecule has 362 valence electrons. The fourth-order valence-corrected chi connectivity index (χ4v) is 11.6. The molecule has 3 nitrogen and oxygen atoms in total. The summed E-state index contributed by atoms with van der Waals surface area (Å²) in [6.45, 7) is 13.9. The number of rotatable bonds is 8. The highest BCUT2D eigenvalue weighted by Gasteiger charge is 2.28. The molecule has 11 aromatic carbocycles. The van der Waals surface area contributed by atoms with Gasteiger partial charge in [-0.15, -0.1) is 0 Å². The second kappa shape index (κ2) is 17.9. The van der Waals surface area contributed by atoms with Crippen molar-refractivity contribution in [1.82, 2.24) is 4.57 Å². The molecular formula is C72H58N2O. The third kappa shape index (κ3) is 7.81. The van der Waals surface area contributed by atoms with Crippen molar-refractivity contribution < 1.29 is 4.42 Å². The van der Waals surface area contributed by atoms with Gasteiger partial charge in [0, 0.05) is 55.0 Å². The summed E-state index contributed by atoms with van der Waals surface area (Å²) < 4.78 is 9.29. The molecule has 0 aliphatic carbocycles. The van der Waals surface area contributed by atoms with Crippen molar-refractivity contribution in [3.05, 3.63) is 254 Å². The van der Waals surface area contributed by atoms with Gasteiger partial charge < -0.3 is 13.9 Å². The normalized spacial score (nSPS) is 12.1. The molecule has 2 heterocycles. The van der Waals surface area contributed by atoms with Crippen LogP contribution in [0.1, 0.15) is 52.7 Å². The zero-order valence-corrected chi connectivity index (χ0v) is 43.4. The topological polar surface area (TPSA) is 21.3 Å². The highest BCUT2D eigenvalue weighted by atomic mass is 16.3. The van der Waals surface area contributed by atoms with E-state index >= 15 is 0 Å². The quantitative estimate of drug-likeness (QED) is 0.151. The van der Waals surface area contributed by atoms with Crippen molar-refractivity contribution in [1.29, 1.82) is 0 Å². The Hall–Kier alpha value is -8.92. The second-order valence-electron chi connectivity index (χ2n) is 22.1. The molecule has 0 N–H and O–H groups in total. The van der Waals surface area contributed by atoms with Gasteiger partial charge in [0.2, 0.25) is 0 Å². The van der Waals surface area contributed by atoms with E-state index in [0.29, 0.717) is 0 Å². The Morgan fingerprint density at radius 3 is 1.48 bits per heavy atom. The molecule has 13 aromatic rings. The van der Waals surface area contributed by atoms with E-state index in [-0.39, 0.29) is 10.8 Å². The first kappa shape index (κ1) is 45.9. The number of aromatic nitrogens is 1. The van der Waals surface area contributed by atoms with E-state index in [1.165, 1.54) is 54.9 Å². The van der Waals surface area contributed by atoms with E-state index < -0.39 is 0 Å². The molecular weight excluding hydrogens is 909 g/mol. The minimum absolute atomic E-state index is 0.0379. The SMILES string of the molecule is CC(C)(C)c1cc(-c2cccc3cccc(-c4ccccc4N(c4ccccc4-c4cccc5c4oc4ccccc45)c4ccccc4-c4cccc5c6ccccc6n(-c6ccccc6)c45)c23)cc(C(C)(C)C)c1. The van der Waals surface area contributed by atoms with Gasteiger partial charge in [0.25, 0.3) is 0 Å². The third-order valence-electron chi connectivity index (χ3n) is 15.3. The molecule has 0 saturated carbocycles. The van der Waals surface area contributed by atoms with Crippen molar-refractivity contribution in [2.75, 3.05) is 4.90 Å². The lowest BCUT2D eigenvalue weighted by Crippen LogP contribution is -2.16. The Labute approximate surface area is 439 Å². The first-order valence-corrected chi connectivity index (χ1v) is 26.3. The van der Waals surface area contributed by atoms with Crippen LogP contribution in [0.25, 0.3) is 105 Å². The Morgan fingerprint density at radius 2 is 0.827 bits per heavy atom. The lowest BCUT2D eigenvalue weighted by Gasteiger charge is -2.32. The molecule has 2 aromatic heterocycles. The molecule has 0 atom stereocenters. The number of fused-ring (bicyclic) bond motifs is 7. The van der Waals surface area contributed by atoms with E-state index in [4.69, 9.17) is 4.42 Å². The number of hydrogen-bond acceptors (Lipinski definition) is 2. The lowest BCUT2D eigenvalue weighted by atomic mass is 9.78. The maximum absolute atomic E-state index is 6.84.